The first-order valence-corrected chi connectivity index (χ1v) is 8.77. The minimum atomic E-state index is -0.0707. The molecule has 0 fully saturated rings. The zero-order valence-electron chi connectivity index (χ0n) is 14.2. The van der Waals surface area contributed by atoms with E-state index >= 15 is 0 Å². The van der Waals surface area contributed by atoms with E-state index in [2.05, 4.69) is 33.5 Å². The molecule has 4 aromatic rings. The Bertz CT molecular complexity index is 1130. The van der Waals surface area contributed by atoms with Crippen molar-refractivity contribution in [1.82, 2.24) is 14.9 Å². The lowest BCUT2D eigenvalue weighted by molar-refractivity contribution is 0.206. The van der Waals surface area contributed by atoms with E-state index in [-0.39, 0.29) is 6.03 Å². The Morgan fingerprint density at radius 2 is 2.00 bits per heavy atom. The van der Waals surface area contributed by atoms with Crippen LogP contribution in [0.15, 0.2) is 60.9 Å². The number of amides is 2. The van der Waals surface area contributed by atoms with Crippen LogP contribution in [0.2, 0.25) is 0 Å². The van der Waals surface area contributed by atoms with Gasteiger partial charge in [0.2, 0.25) is 0 Å². The zero-order chi connectivity index (χ0) is 17.5. The second-order valence-corrected chi connectivity index (χ2v) is 6.63. The molecule has 0 unspecified atom stereocenters. The highest BCUT2D eigenvalue weighted by atomic mass is 16.2. The number of benzene rings is 2. The molecule has 5 nitrogen and oxygen atoms in total. The van der Waals surface area contributed by atoms with Crippen LogP contribution in [0.25, 0.3) is 21.7 Å². The van der Waals surface area contributed by atoms with Gasteiger partial charge in [-0.1, -0.05) is 30.3 Å². The van der Waals surface area contributed by atoms with Crippen LogP contribution in [0.4, 0.5) is 10.5 Å². The second-order valence-electron chi connectivity index (χ2n) is 6.63. The molecule has 128 valence electrons. The number of hydrogen-bond donors (Lipinski definition) is 2. The lowest BCUT2D eigenvalue weighted by atomic mass is 10.0. The number of H-pyrrole nitrogens is 1. The van der Waals surface area contributed by atoms with Gasteiger partial charge in [-0.3, -0.25) is 4.98 Å². The second kappa shape index (κ2) is 5.88. The molecule has 0 radical (unpaired) electrons. The summed E-state index contributed by atoms with van der Waals surface area (Å²) in [6, 6.07) is 16.0. The maximum atomic E-state index is 12.8. The molecule has 0 atom stereocenters. The maximum absolute atomic E-state index is 12.8. The topological polar surface area (TPSA) is 61.0 Å². The molecule has 0 saturated heterocycles. The van der Waals surface area contributed by atoms with E-state index in [0.717, 1.165) is 34.1 Å². The van der Waals surface area contributed by atoms with Crippen LogP contribution >= 0.6 is 0 Å². The summed E-state index contributed by atoms with van der Waals surface area (Å²) in [5.41, 5.74) is 4.43. The molecule has 2 N–H and O–H groups in total. The number of hydrogen-bond acceptors (Lipinski definition) is 2. The number of rotatable bonds is 1. The van der Waals surface area contributed by atoms with E-state index in [4.69, 9.17) is 0 Å². The van der Waals surface area contributed by atoms with E-state index in [0.29, 0.717) is 13.1 Å². The molecule has 0 spiro atoms. The number of nitrogens with zero attached hydrogens (tertiary/aromatic N) is 2. The third-order valence-corrected chi connectivity index (χ3v) is 5.09. The molecule has 0 bridgehead atoms. The number of carbonyl (C=O) groups is 1. The van der Waals surface area contributed by atoms with E-state index in [1.54, 1.807) is 6.20 Å². The molecule has 1 aliphatic heterocycles. The van der Waals surface area contributed by atoms with E-state index in [9.17, 15) is 4.79 Å². The molecule has 2 aromatic heterocycles. The minimum absolute atomic E-state index is 0.0707. The highest BCUT2D eigenvalue weighted by Crippen LogP contribution is 2.28. The molecule has 2 amide bonds. The van der Waals surface area contributed by atoms with Gasteiger partial charge in [0.1, 0.15) is 0 Å². The van der Waals surface area contributed by atoms with Crippen molar-refractivity contribution in [2.45, 2.75) is 13.0 Å². The molecule has 26 heavy (non-hydrogen) atoms. The Balaban J connectivity index is 1.41. The van der Waals surface area contributed by atoms with Gasteiger partial charge in [0.25, 0.3) is 0 Å². The number of anilines is 1. The van der Waals surface area contributed by atoms with Crippen LogP contribution in [0.3, 0.4) is 0 Å². The van der Waals surface area contributed by atoms with Gasteiger partial charge < -0.3 is 15.2 Å². The van der Waals surface area contributed by atoms with Crippen LogP contribution in [0.1, 0.15) is 11.3 Å². The van der Waals surface area contributed by atoms with Crippen LogP contribution in [0, 0.1) is 0 Å². The van der Waals surface area contributed by atoms with Crippen molar-refractivity contribution in [2.75, 3.05) is 11.9 Å². The maximum Gasteiger partial charge on any atom is 0.322 e. The number of aromatic amines is 1. The number of urea groups is 1. The van der Waals surface area contributed by atoms with Crippen molar-refractivity contribution in [2.24, 2.45) is 0 Å². The van der Waals surface area contributed by atoms with Crippen molar-refractivity contribution in [3.05, 3.63) is 72.2 Å². The third kappa shape index (κ3) is 2.40. The van der Waals surface area contributed by atoms with E-state index < -0.39 is 0 Å². The van der Waals surface area contributed by atoms with Crippen LogP contribution < -0.4 is 5.32 Å². The zero-order valence-corrected chi connectivity index (χ0v) is 14.2. The fraction of sp³-hybridized carbons (Fsp3) is 0.143. The highest BCUT2D eigenvalue weighted by molar-refractivity contribution is 6.01. The van der Waals surface area contributed by atoms with Gasteiger partial charge in [-0.05, 0) is 30.2 Å². The van der Waals surface area contributed by atoms with E-state index in [1.165, 1.54) is 10.9 Å². The van der Waals surface area contributed by atoms with Crippen LogP contribution in [0.5, 0.6) is 0 Å². The van der Waals surface area contributed by atoms with Gasteiger partial charge >= 0.3 is 6.03 Å². The first kappa shape index (κ1) is 15.0. The molecular formula is C21H18N4O. The lowest BCUT2D eigenvalue weighted by Crippen LogP contribution is -2.38. The quantitative estimate of drug-likeness (QED) is 0.541. The van der Waals surface area contributed by atoms with Gasteiger partial charge in [-0.15, -0.1) is 0 Å². The molecule has 0 aliphatic carbocycles. The fourth-order valence-electron chi connectivity index (χ4n) is 3.79. The number of fused-ring (bicyclic) bond motifs is 4. The summed E-state index contributed by atoms with van der Waals surface area (Å²) in [5, 5.41) is 6.35. The Morgan fingerprint density at radius 1 is 1.08 bits per heavy atom. The average Bonchev–Trinajstić information content (AvgIpc) is 3.06. The lowest BCUT2D eigenvalue weighted by Gasteiger charge is -2.27. The Hall–Kier alpha value is -3.34. The van der Waals surface area contributed by atoms with Crippen molar-refractivity contribution < 1.29 is 4.79 Å². The molecule has 3 heterocycles. The summed E-state index contributed by atoms with van der Waals surface area (Å²) in [5.74, 6) is 0. The van der Waals surface area contributed by atoms with Gasteiger partial charge in [-0.25, -0.2) is 4.79 Å². The standard InChI is InChI=1S/C21H18N4O/c26-21(24-18-7-3-4-14-12-22-10-8-15(14)18)25-11-9-17-16-5-1-2-6-19(16)23-20(17)13-25/h1-8,10,12,23H,9,11,13H2,(H,24,26). The van der Waals surface area contributed by atoms with Gasteiger partial charge in [0.05, 0.1) is 12.2 Å². The molecule has 5 heteroatoms. The summed E-state index contributed by atoms with van der Waals surface area (Å²) in [4.78, 5) is 22.3. The third-order valence-electron chi connectivity index (χ3n) is 5.09. The highest BCUT2D eigenvalue weighted by Gasteiger charge is 2.24. The Kier molecular flexibility index (Phi) is 3.38. The predicted molar refractivity (Wildman–Crippen MR) is 103 cm³/mol. The first-order valence-electron chi connectivity index (χ1n) is 8.77. The van der Waals surface area contributed by atoms with Gasteiger partial charge in [0, 0.05) is 46.3 Å². The monoisotopic (exact) mass is 342 g/mol. The van der Waals surface area contributed by atoms with Crippen molar-refractivity contribution >= 4 is 33.4 Å². The smallest absolute Gasteiger partial charge is 0.322 e. The van der Waals surface area contributed by atoms with Crippen molar-refractivity contribution in [3.63, 3.8) is 0 Å². The van der Waals surface area contributed by atoms with Gasteiger partial charge in [0.15, 0.2) is 0 Å². The number of pyridine rings is 1. The molecule has 0 saturated carbocycles. The number of aromatic nitrogens is 2. The first-order chi connectivity index (χ1) is 12.8. The summed E-state index contributed by atoms with van der Waals surface area (Å²) in [6.07, 6.45) is 4.42. The van der Waals surface area contributed by atoms with Gasteiger partial charge in [-0.2, -0.15) is 0 Å². The number of para-hydroxylation sites is 1. The van der Waals surface area contributed by atoms with Crippen molar-refractivity contribution in [1.29, 1.82) is 0 Å². The average molecular weight is 342 g/mol. The molecule has 2 aromatic carbocycles. The molecule has 5 rings (SSSR count). The molecular weight excluding hydrogens is 324 g/mol. The SMILES string of the molecule is O=C(Nc1cccc2cnccc12)N1CCc2c([nH]c3ccccc23)C1. The predicted octanol–water partition coefficient (Wildman–Crippen LogP) is 4.31. The largest absolute Gasteiger partial charge is 0.357 e. The Labute approximate surface area is 150 Å². The summed E-state index contributed by atoms with van der Waals surface area (Å²) < 4.78 is 0. The summed E-state index contributed by atoms with van der Waals surface area (Å²) >= 11 is 0. The normalized spacial score (nSPS) is 13.8. The van der Waals surface area contributed by atoms with E-state index in [1.807, 2.05) is 41.4 Å². The number of carbonyl (C=O) groups excluding carboxylic acids is 1. The minimum Gasteiger partial charge on any atom is -0.357 e. The summed E-state index contributed by atoms with van der Waals surface area (Å²) in [6.45, 7) is 1.31. The van der Waals surface area contributed by atoms with Crippen LogP contribution in [-0.2, 0) is 13.0 Å². The Morgan fingerprint density at radius 3 is 2.96 bits per heavy atom. The fourth-order valence-corrected chi connectivity index (χ4v) is 3.79. The summed E-state index contributed by atoms with van der Waals surface area (Å²) in [7, 11) is 0. The number of nitrogens with one attached hydrogen (secondary N) is 2. The molecule has 1 aliphatic rings. The van der Waals surface area contributed by atoms with Crippen molar-refractivity contribution in [3.8, 4) is 0 Å². The van der Waals surface area contributed by atoms with Crippen LogP contribution in [-0.4, -0.2) is 27.4 Å².